The molecule has 0 aliphatic heterocycles. The van der Waals surface area contributed by atoms with Gasteiger partial charge in [0.05, 0.1) is 26.7 Å². The van der Waals surface area contributed by atoms with Crippen molar-refractivity contribution in [3.8, 4) is 0 Å². The van der Waals surface area contributed by atoms with Gasteiger partial charge in [-0.25, -0.2) is 9.86 Å². The van der Waals surface area contributed by atoms with Gasteiger partial charge >= 0.3 is 6.09 Å². The van der Waals surface area contributed by atoms with E-state index in [1.807, 2.05) is 30.3 Å². The van der Waals surface area contributed by atoms with Crippen molar-refractivity contribution in [1.29, 1.82) is 0 Å². The minimum atomic E-state index is -0.582. The lowest BCUT2D eigenvalue weighted by molar-refractivity contribution is -0.169. The molecule has 19 heavy (non-hydrogen) atoms. The quantitative estimate of drug-likeness (QED) is 0.820. The van der Waals surface area contributed by atoms with Crippen LogP contribution in [0.15, 0.2) is 30.3 Å². The molecule has 0 spiro atoms. The highest BCUT2D eigenvalue weighted by Gasteiger charge is 2.20. The van der Waals surface area contributed by atoms with Crippen molar-refractivity contribution in [2.24, 2.45) is 0 Å². The van der Waals surface area contributed by atoms with Crippen molar-refractivity contribution in [1.82, 2.24) is 10.4 Å². The van der Waals surface area contributed by atoms with Crippen LogP contribution in [-0.2, 0) is 14.4 Å². The molecule has 1 atom stereocenters. The topological polar surface area (TPSA) is 67.9 Å². The van der Waals surface area contributed by atoms with E-state index in [9.17, 15) is 9.59 Å². The van der Waals surface area contributed by atoms with Gasteiger partial charge in [-0.3, -0.25) is 9.63 Å². The van der Waals surface area contributed by atoms with Gasteiger partial charge in [0, 0.05) is 7.05 Å². The molecule has 6 nitrogen and oxygen atoms in total. The molecule has 0 fully saturated rings. The lowest BCUT2D eigenvalue weighted by Gasteiger charge is -2.21. The second-order valence-corrected chi connectivity index (χ2v) is 3.88. The summed E-state index contributed by atoms with van der Waals surface area (Å²) in [5, 5.41) is 3.75. The third-order valence-electron chi connectivity index (χ3n) is 2.68. The molecule has 1 rings (SSSR count). The van der Waals surface area contributed by atoms with E-state index in [1.165, 1.54) is 21.3 Å². The maximum Gasteiger partial charge on any atom is 0.407 e. The van der Waals surface area contributed by atoms with E-state index in [0.717, 1.165) is 10.6 Å². The van der Waals surface area contributed by atoms with Gasteiger partial charge in [-0.05, 0) is 5.56 Å². The summed E-state index contributed by atoms with van der Waals surface area (Å²) in [6, 6.07) is 8.75. The summed E-state index contributed by atoms with van der Waals surface area (Å²) >= 11 is 0. The number of benzene rings is 1. The number of methoxy groups -OCH3 is 1. The molecule has 0 aliphatic carbocycles. The smallest absolute Gasteiger partial charge is 0.407 e. The van der Waals surface area contributed by atoms with Crippen molar-refractivity contribution in [2.45, 2.75) is 12.5 Å². The van der Waals surface area contributed by atoms with Crippen LogP contribution in [0, 0.1) is 0 Å². The number of ether oxygens (including phenoxy) is 1. The monoisotopic (exact) mass is 266 g/mol. The maximum atomic E-state index is 11.8. The van der Waals surface area contributed by atoms with E-state index in [-0.39, 0.29) is 12.3 Å². The van der Waals surface area contributed by atoms with E-state index < -0.39 is 12.1 Å². The lowest BCUT2D eigenvalue weighted by atomic mass is 10.0. The zero-order chi connectivity index (χ0) is 14.3. The highest BCUT2D eigenvalue weighted by molar-refractivity contribution is 5.77. The molecular weight excluding hydrogens is 248 g/mol. The first-order chi connectivity index (χ1) is 9.08. The molecule has 1 N–H and O–H groups in total. The molecule has 1 aromatic rings. The minimum Gasteiger partial charge on any atom is -0.453 e. The molecule has 0 radical (unpaired) electrons. The number of nitrogens with one attached hydrogen (secondary N) is 1. The van der Waals surface area contributed by atoms with E-state index >= 15 is 0 Å². The Morgan fingerprint density at radius 2 is 1.89 bits per heavy atom. The van der Waals surface area contributed by atoms with Crippen LogP contribution in [0.25, 0.3) is 0 Å². The van der Waals surface area contributed by atoms with E-state index in [0.29, 0.717) is 0 Å². The first kappa shape index (κ1) is 15.0. The normalized spacial score (nSPS) is 11.5. The average Bonchev–Trinajstić information content (AvgIpc) is 2.46. The number of hydrogen-bond donors (Lipinski definition) is 1. The fourth-order valence-corrected chi connectivity index (χ4v) is 1.54. The van der Waals surface area contributed by atoms with Gasteiger partial charge in [-0.1, -0.05) is 30.3 Å². The summed E-state index contributed by atoms with van der Waals surface area (Å²) in [5.74, 6) is -0.243. The van der Waals surface area contributed by atoms with Crippen LogP contribution in [-0.4, -0.2) is 38.3 Å². The van der Waals surface area contributed by atoms with Gasteiger partial charge in [-0.15, -0.1) is 0 Å². The Labute approximate surface area is 112 Å². The Hall–Kier alpha value is -2.08. The fourth-order valence-electron chi connectivity index (χ4n) is 1.54. The molecule has 0 heterocycles. The molecule has 1 aromatic carbocycles. The van der Waals surface area contributed by atoms with E-state index in [2.05, 4.69) is 10.1 Å². The zero-order valence-corrected chi connectivity index (χ0v) is 11.3. The van der Waals surface area contributed by atoms with Crippen LogP contribution in [0.5, 0.6) is 0 Å². The predicted octanol–water partition coefficient (Wildman–Crippen LogP) is 1.49. The molecule has 0 unspecified atom stereocenters. The number of rotatable bonds is 5. The summed E-state index contributed by atoms with van der Waals surface area (Å²) in [7, 11) is 4.20. The van der Waals surface area contributed by atoms with E-state index in [1.54, 1.807) is 0 Å². The summed E-state index contributed by atoms with van der Waals surface area (Å²) in [6.07, 6.45) is -0.495. The molecular formula is C13H18N2O4. The molecule has 0 aliphatic rings. The van der Waals surface area contributed by atoms with Crippen LogP contribution in [0.1, 0.15) is 18.0 Å². The number of carbonyl (C=O) groups excluding carboxylic acids is 2. The Kier molecular flexibility index (Phi) is 5.81. The number of nitrogens with zero attached hydrogens (tertiary/aromatic N) is 1. The van der Waals surface area contributed by atoms with Gasteiger partial charge in [-0.2, -0.15) is 0 Å². The largest absolute Gasteiger partial charge is 0.453 e. The zero-order valence-electron chi connectivity index (χ0n) is 11.3. The van der Waals surface area contributed by atoms with Crippen LogP contribution < -0.4 is 5.32 Å². The van der Waals surface area contributed by atoms with Gasteiger partial charge in [0.2, 0.25) is 5.91 Å². The Balaban J connectivity index is 2.81. The van der Waals surface area contributed by atoms with Crippen LogP contribution >= 0.6 is 0 Å². The predicted molar refractivity (Wildman–Crippen MR) is 69.1 cm³/mol. The second kappa shape index (κ2) is 7.38. The summed E-state index contributed by atoms with van der Waals surface area (Å²) in [4.78, 5) is 28.0. The van der Waals surface area contributed by atoms with Gasteiger partial charge in [0.15, 0.2) is 0 Å². The molecule has 2 amide bonds. The van der Waals surface area contributed by atoms with Crippen molar-refractivity contribution in [3.05, 3.63) is 35.9 Å². The SMILES string of the molecule is COC(=O)N[C@H](CC(=O)N(C)OC)c1ccccc1. The van der Waals surface area contributed by atoms with E-state index in [4.69, 9.17) is 4.84 Å². The number of alkyl carbamates (subject to hydrolysis) is 1. The average molecular weight is 266 g/mol. The lowest BCUT2D eigenvalue weighted by Crippen LogP contribution is -2.34. The van der Waals surface area contributed by atoms with Crippen molar-refractivity contribution in [2.75, 3.05) is 21.3 Å². The van der Waals surface area contributed by atoms with Gasteiger partial charge in [0.1, 0.15) is 0 Å². The molecule has 0 bridgehead atoms. The third-order valence-corrected chi connectivity index (χ3v) is 2.68. The van der Waals surface area contributed by atoms with Gasteiger partial charge < -0.3 is 10.1 Å². The summed E-state index contributed by atoms with van der Waals surface area (Å²) in [5.41, 5.74) is 0.825. The number of hydrogen-bond acceptors (Lipinski definition) is 4. The molecule has 104 valence electrons. The van der Waals surface area contributed by atoms with Crippen molar-refractivity contribution >= 4 is 12.0 Å². The summed E-state index contributed by atoms with van der Waals surface area (Å²) < 4.78 is 4.56. The van der Waals surface area contributed by atoms with Crippen LogP contribution in [0.4, 0.5) is 4.79 Å². The van der Waals surface area contributed by atoms with Crippen LogP contribution in [0.3, 0.4) is 0 Å². The molecule has 0 saturated carbocycles. The fraction of sp³-hybridized carbons (Fsp3) is 0.385. The Bertz CT molecular complexity index is 422. The number of amides is 2. The Morgan fingerprint density at radius 1 is 1.26 bits per heavy atom. The maximum absolute atomic E-state index is 11.8. The third kappa shape index (κ3) is 4.59. The number of carbonyl (C=O) groups is 2. The number of hydroxylamine groups is 2. The van der Waals surface area contributed by atoms with Crippen molar-refractivity contribution in [3.63, 3.8) is 0 Å². The Morgan fingerprint density at radius 3 is 2.42 bits per heavy atom. The first-order valence-corrected chi connectivity index (χ1v) is 5.78. The highest BCUT2D eigenvalue weighted by atomic mass is 16.7. The van der Waals surface area contributed by atoms with Crippen molar-refractivity contribution < 1.29 is 19.2 Å². The van der Waals surface area contributed by atoms with Crippen LogP contribution in [0.2, 0.25) is 0 Å². The minimum absolute atomic E-state index is 0.0868. The molecule has 0 aromatic heterocycles. The molecule has 0 saturated heterocycles. The second-order valence-electron chi connectivity index (χ2n) is 3.88. The molecule has 6 heteroatoms. The summed E-state index contributed by atoms with van der Waals surface area (Å²) in [6.45, 7) is 0. The first-order valence-electron chi connectivity index (χ1n) is 5.78. The highest BCUT2D eigenvalue weighted by Crippen LogP contribution is 2.17. The van der Waals surface area contributed by atoms with Gasteiger partial charge in [0.25, 0.3) is 0 Å². The standard InChI is InChI=1S/C13H18N2O4/c1-15(19-3)12(16)9-11(14-13(17)18-2)10-7-5-4-6-8-10/h4-8,11H,9H2,1-3H3,(H,14,17)/t11-/m1/s1.